The third-order valence-corrected chi connectivity index (χ3v) is 3.26. The SMILES string of the molecule is CCC(N)c1ccc(N(C)CC2CC2)cn1. The molecule has 1 aliphatic rings. The Balaban J connectivity index is 1.99. The summed E-state index contributed by atoms with van der Waals surface area (Å²) < 4.78 is 0. The van der Waals surface area contributed by atoms with Crippen LogP contribution in [0.15, 0.2) is 18.3 Å². The molecule has 1 aromatic heterocycles. The van der Waals surface area contributed by atoms with E-state index in [2.05, 4.69) is 29.9 Å². The van der Waals surface area contributed by atoms with Gasteiger partial charge in [-0.25, -0.2) is 0 Å². The van der Waals surface area contributed by atoms with Crippen molar-refractivity contribution in [3.63, 3.8) is 0 Å². The van der Waals surface area contributed by atoms with Gasteiger partial charge in [0.25, 0.3) is 0 Å². The van der Waals surface area contributed by atoms with Gasteiger partial charge in [0.15, 0.2) is 0 Å². The fourth-order valence-corrected chi connectivity index (χ4v) is 1.84. The number of hydrogen-bond donors (Lipinski definition) is 1. The molecule has 88 valence electrons. The highest BCUT2D eigenvalue weighted by Crippen LogP contribution is 2.30. The lowest BCUT2D eigenvalue weighted by Gasteiger charge is -2.19. The first-order chi connectivity index (χ1) is 7.70. The van der Waals surface area contributed by atoms with Crippen molar-refractivity contribution in [3.8, 4) is 0 Å². The van der Waals surface area contributed by atoms with E-state index in [1.165, 1.54) is 18.5 Å². The minimum atomic E-state index is 0.0720. The lowest BCUT2D eigenvalue weighted by molar-refractivity contribution is 0.674. The molecule has 0 spiro atoms. The zero-order valence-electron chi connectivity index (χ0n) is 10.2. The minimum Gasteiger partial charge on any atom is -0.373 e. The topological polar surface area (TPSA) is 42.1 Å². The van der Waals surface area contributed by atoms with Crippen molar-refractivity contribution in [3.05, 3.63) is 24.0 Å². The second kappa shape index (κ2) is 4.83. The number of hydrogen-bond acceptors (Lipinski definition) is 3. The first kappa shape index (κ1) is 11.4. The summed E-state index contributed by atoms with van der Waals surface area (Å²) in [5.74, 6) is 0.905. The van der Waals surface area contributed by atoms with Crippen LogP contribution < -0.4 is 10.6 Å². The molecular formula is C13H21N3. The fraction of sp³-hybridized carbons (Fsp3) is 0.615. The smallest absolute Gasteiger partial charge is 0.0572 e. The van der Waals surface area contributed by atoms with Crippen molar-refractivity contribution < 1.29 is 0 Å². The molecule has 0 saturated heterocycles. The van der Waals surface area contributed by atoms with Crippen molar-refractivity contribution in [2.24, 2.45) is 11.7 Å². The van der Waals surface area contributed by atoms with Gasteiger partial charge >= 0.3 is 0 Å². The van der Waals surface area contributed by atoms with Gasteiger partial charge < -0.3 is 10.6 Å². The monoisotopic (exact) mass is 219 g/mol. The van der Waals surface area contributed by atoms with E-state index in [-0.39, 0.29) is 6.04 Å². The van der Waals surface area contributed by atoms with Gasteiger partial charge in [-0.05, 0) is 37.3 Å². The van der Waals surface area contributed by atoms with Crippen LogP contribution in [0, 0.1) is 5.92 Å². The van der Waals surface area contributed by atoms with Gasteiger partial charge in [0, 0.05) is 19.6 Å². The fourth-order valence-electron chi connectivity index (χ4n) is 1.84. The van der Waals surface area contributed by atoms with Crippen molar-refractivity contribution in [1.29, 1.82) is 0 Å². The molecule has 1 aromatic rings. The lowest BCUT2D eigenvalue weighted by atomic mass is 10.1. The van der Waals surface area contributed by atoms with E-state index in [0.29, 0.717) is 0 Å². The van der Waals surface area contributed by atoms with Gasteiger partial charge in [-0.2, -0.15) is 0 Å². The molecule has 1 atom stereocenters. The van der Waals surface area contributed by atoms with Crippen LogP contribution in [0.25, 0.3) is 0 Å². The zero-order valence-corrected chi connectivity index (χ0v) is 10.2. The van der Waals surface area contributed by atoms with E-state index in [4.69, 9.17) is 5.73 Å². The van der Waals surface area contributed by atoms with E-state index >= 15 is 0 Å². The highest BCUT2D eigenvalue weighted by atomic mass is 15.1. The normalized spacial score (nSPS) is 17.2. The Morgan fingerprint density at radius 2 is 2.25 bits per heavy atom. The molecule has 1 aliphatic carbocycles. The van der Waals surface area contributed by atoms with Crippen LogP contribution >= 0.6 is 0 Å². The van der Waals surface area contributed by atoms with Crippen LogP contribution in [0.2, 0.25) is 0 Å². The quantitative estimate of drug-likeness (QED) is 0.826. The van der Waals surface area contributed by atoms with Gasteiger partial charge in [-0.3, -0.25) is 4.98 Å². The minimum absolute atomic E-state index is 0.0720. The highest BCUT2D eigenvalue weighted by molar-refractivity contribution is 5.44. The molecule has 1 fully saturated rings. The molecule has 1 unspecified atom stereocenters. The van der Waals surface area contributed by atoms with Crippen molar-refractivity contribution in [2.75, 3.05) is 18.5 Å². The van der Waals surface area contributed by atoms with E-state index in [9.17, 15) is 0 Å². The summed E-state index contributed by atoms with van der Waals surface area (Å²) in [6, 6.07) is 4.25. The molecule has 0 aromatic carbocycles. The molecular weight excluding hydrogens is 198 g/mol. The molecule has 0 bridgehead atoms. The molecule has 2 rings (SSSR count). The molecule has 3 nitrogen and oxygen atoms in total. The standard InChI is InChI=1S/C13H21N3/c1-3-12(14)13-7-6-11(8-15-13)16(2)9-10-4-5-10/h6-8,10,12H,3-5,9,14H2,1-2H3. The number of pyridine rings is 1. The van der Waals surface area contributed by atoms with E-state index in [0.717, 1.165) is 24.6 Å². The van der Waals surface area contributed by atoms with Crippen LogP contribution in [-0.4, -0.2) is 18.6 Å². The van der Waals surface area contributed by atoms with E-state index in [1.54, 1.807) is 0 Å². The molecule has 2 N–H and O–H groups in total. The Morgan fingerprint density at radius 3 is 2.75 bits per heavy atom. The van der Waals surface area contributed by atoms with Gasteiger partial charge in [0.2, 0.25) is 0 Å². The molecule has 1 heterocycles. The maximum Gasteiger partial charge on any atom is 0.0572 e. The third-order valence-electron chi connectivity index (χ3n) is 3.26. The first-order valence-corrected chi connectivity index (χ1v) is 6.13. The van der Waals surface area contributed by atoms with E-state index < -0.39 is 0 Å². The Hall–Kier alpha value is -1.09. The number of anilines is 1. The largest absolute Gasteiger partial charge is 0.373 e. The third kappa shape index (κ3) is 2.73. The number of nitrogens with two attached hydrogens (primary N) is 1. The molecule has 0 amide bonds. The van der Waals surface area contributed by atoms with Gasteiger partial charge in [-0.1, -0.05) is 6.92 Å². The van der Waals surface area contributed by atoms with Gasteiger partial charge in [-0.15, -0.1) is 0 Å². The van der Waals surface area contributed by atoms with E-state index in [1.807, 2.05) is 12.3 Å². The predicted molar refractivity (Wildman–Crippen MR) is 67.5 cm³/mol. The molecule has 0 aliphatic heterocycles. The number of aromatic nitrogens is 1. The average molecular weight is 219 g/mol. The van der Waals surface area contributed by atoms with Crippen molar-refractivity contribution >= 4 is 5.69 Å². The summed E-state index contributed by atoms with van der Waals surface area (Å²) in [7, 11) is 2.13. The highest BCUT2D eigenvalue weighted by Gasteiger charge is 2.23. The van der Waals surface area contributed by atoms with Crippen LogP contribution in [0.5, 0.6) is 0 Å². The summed E-state index contributed by atoms with van der Waals surface area (Å²) in [4.78, 5) is 6.72. The Labute approximate surface area is 97.7 Å². The van der Waals surface area contributed by atoms with Gasteiger partial charge in [0.05, 0.1) is 17.6 Å². The Bertz CT molecular complexity index is 330. The average Bonchev–Trinajstić information content (AvgIpc) is 3.12. The van der Waals surface area contributed by atoms with Crippen LogP contribution in [-0.2, 0) is 0 Å². The second-order valence-corrected chi connectivity index (χ2v) is 4.78. The number of rotatable bonds is 5. The predicted octanol–water partition coefficient (Wildman–Crippen LogP) is 2.34. The van der Waals surface area contributed by atoms with Crippen molar-refractivity contribution in [1.82, 2.24) is 4.98 Å². The Morgan fingerprint density at radius 1 is 1.50 bits per heavy atom. The van der Waals surface area contributed by atoms with Crippen molar-refractivity contribution in [2.45, 2.75) is 32.2 Å². The molecule has 3 heteroatoms. The van der Waals surface area contributed by atoms with Crippen LogP contribution in [0.4, 0.5) is 5.69 Å². The molecule has 0 radical (unpaired) electrons. The Kier molecular flexibility index (Phi) is 3.44. The summed E-state index contributed by atoms with van der Waals surface area (Å²) in [6.07, 6.45) is 5.64. The zero-order chi connectivity index (χ0) is 11.5. The first-order valence-electron chi connectivity index (χ1n) is 6.13. The van der Waals surface area contributed by atoms with Crippen LogP contribution in [0.1, 0.15) is 37.9 Å². The van der Waals surface area contributed by atoms with Crippen LogP contribution in [0.3, 0.4) is 0 Å². The molecule has 1 saturated carbocycles. The second-order valence-electron chi connectivity index (χ2n) is 4.78. The summed E-state index contributed by atoms with van der Waals surface area (Å²) in [6.45, 7) is 3.24. The van der Waals surface area contributed by atoms with Gasteiger partial charge in [0.1, 0.15) is 0 Å². The lowest BCUT2D eigenvalue weighted by Crippen LogP contribution is -2.20. The summed E-state index contributed by atoms with van der Waals surface area (Å²) in [5.41, 5.74) is 8.12. The maximum absolute atomic E-state index is 5.94. The molecule has 16 heavy (non-hydrogen) atoms. The number of nitrogens with zero attached hydrogens (tertiary/aromatic N) is 2. The summed E-state index contributed by atoms with van der Waals surface area (Å²) >= 11 is 0. The maximum atomic E-state index is 5.94. The summed E-state index contributed by atoms with van der Waals surface area (Å²) in [5, 5.41) is 0.